The first-order chi connectivity index (χ1) is 26.7. The summed E-state index contributed by atoms with van der Waals surface area (Å²) in [6.45, 7) is 0. The number of halogens is 6. The molecule has 0 atom stereocenters. The number of nitrogens with zero attached hydrogens (tertiary/aromatic N) is 10. The summed E-state index contributed by atoms with van der Waals surface area (Å²) < 4.78 is 92.5. The standard InChI is InChI=1S/C38H12F6N10O2/c39-37(40,41)55-34-9-24-22(7-20(34)17-1-3-26-28(5-17)53-32(15-49)30(13-47)51-26)23-8-21(18-2-4-27-29(6-18)54-33(16-50)31(14-48)52-27)35(56-38(42,43)44)10-25(23)36(24)19(11-45)12-46/h1-10,19,36H. The lowest BCUT2D eigenvalue weighted by Crippen LogP contribution is -2.18. The molecule has 7 rings (SSSR count). The minimum atomic E-state index is -5.26. The maximum absolute atomic E-state index is 13.9. The summed E-state index contributed by atoms with van der Waals surface area (Å²) in [6, 6.07) is 22.9. The van der Waals surface area contributed by atoms with Crippen molar-refractivity contribution < 1.29 is 35.8 Å². The van der Waals surface area contributed by atoms with Crippen molar-refractivity contribution >= 4 is 22.1 Å². The second kappa shape index (κ2) is 13.3. The quantitative estimate of drug-likeness (QED) is 0.153. The largest absolute Gasteiger partial charge is 0.573 e. The van der Waals surface area contributed by atoms with Crippen LogP contribution < -0.4 is 9.47 Å². The Hall–Kier alpha value is -8.32. The third-order valence-corrected chi connectivity index (χ3v) is 8.70. The summed E-state index contributed by atoms with van der Waals surface area (Å²) in [5, 5.41) is 57.6. The number of hydrogen-bond acceptors (Lipinski definition) is 12. The first-order valence-electron chi connectivity index (χ1n) is 15.6. The van der Waals surface area contributed by atoms with Crippen LogP contribution in [0.25, 0.3) is 55.4 Å². The van der Waals surface area contributed by atoms with Crippen LogP contribution in [0.2, 0.25) is 0 Å². The van der Waals surface area contributed by atoms with Gasteiger partial charge in [0.1, 0.15) is 41.7 Å². The molecule has 12 nitrogen and oxygen atoms in total. The van der Waals surface area contributed by atoms with E-state index in [0.29, 0.717) is 0 Å². The van der Waals surface area contributed by atoms with Gasteiger partial charge < -0.3 is 9.47 Å². The van der Waals surface area contributed by atoms with E-state index in [-0.39, 0.29) is 89.4 Å². The average molecular weight is 755 g/mol. The van der Waals surface area contributed by atoms with Crippen LogP contribution >= 0.6 is 0 Å². The van der Waals surface area contributed by atoms with Crippen molar-refractivity contribution in [3.63, 3.8) is 0 Å². The van der Waals surface area contributed by atoms with Crippen LogP contribution in [0.15, 0.2) is 60.7 Å². The van der Waals surface area contributed by atoms with Gasteiger partial charge in [-0.25, -0.2) is 19.9 Å². The molecule has 0 saturated carbocycles. The number of benzene rings is 4. The molecule has 18 heteroatoms. The predicted molar refractivity (Wildman–Crippen MR) is 178 cm³/mol. The van der Waals surface area contributed by atoms with E-state index in [9.17, 15) is 57.9 Å². The zero-order valence-corrected chi connectivity index (χ0v) is 27.5. The minimum absolute atomic E-state index is 0.0286. The van der Waals surface area contributed by atoms with E-state index in [4.69, 9.17) is 0 Å². The fourth-order valence-electron chi connectivity index (χ4n) is 6.50. The van der Waals surface area contributed by atoms with Gasteiger partial charge in [0.2, 0.25) is 0 Å². The van der Waals surface area contributed by atoms with E-state index in [2.05, 4.69) is 29.4 Å². The average Bonchev–Trinajstić information content (AvgIpc) is 3.46. The minimum Gasteiger partial charge on any atom is -0.405 e. The van der Waals surface area contributed by atoms with Gasteiger partial charge in [0.05, 0.1) is 34.2 Å². The van der Waals surface area contributed by atoms with Crippen LogP contribution in [0.5, 0.6) is 11.5 Å². The van der Waals surface area contributed by atoms with Crippen molar-refractivity contribution in [3.05, 3.63) is 94.6 Å². The summed E-state index contributed by atoms with van der Waals surface area (Å²) >= 11 is 0. The van der Waals surface area contributed by atoms with Gasteiger partial charge in [0.15, 0.2) is 22.8 Å². The van der Waals surface area contributed by atoms with Crippen molar-refractivity contribution in [2.45, 2.75) is 18.6 Å². The van der Waals surface area contributed by atoms with Gasteiger partial charge in [-0.05, 0) is 81.9 Å². The highest BCUT2D eigenvalue weighted by molar-refractivity contribution is 5.93. The molecule has 0 fully saturated rings. The first-order valence-corrected chi connectivity index (χ1v) is 15.6. The normalized spacial score (nSPS) is 12.1. The Labute approximate surface area is 309 Å². The Kier molecular flexibility index (Phi) is 8.54. The molecule has 2 heterocycles. The lowest BCUT2D eigenvalue weighted by molar-refractivity contribution is -0.275. The van der Waals surface area contributed by atoms with Gasteiger partial charge in [0, 0.05) is 17.0 Å². The number of fused-ring (bicyclic) bond motifs is 5. The monoisotopic (exact) mass is 754 g/mol. The van der Waals surface area contributed by atoms with E-state index in [0.717, 1.165) is 12.1 Å². The summed E-state index contributed by atoms with van der Waals surface area (Å²) in [4.78, 5) is 16.4. The highest BCUT2D eigenvalue weighted by Gasteiger charge is 2.41. The van der Waals surface area contributed by atoms with Crippen LogP contribution in [0.1, 0.15) is 39.8 Å². The van der Waals surface area contributed by atoms with Gasteiger partial charge >= 0.3 is 12.7 Å². The number of rotatable bonds is 5. The number of aromatic nitrogens is 4. The van der Waals surface area contributed by atoms with Crippen LogP contribution in [0.4, 0.5) is 26.3 Å². The molecular formula is C38H12F6N10O2. The highest BCUT2D eigenvalue weighted by Crippen LogP contribution is 2.55. The van der Waals surface area contributed by atoms with E-state index >= 15 is 0 Å². The Bertz CT molecular complexity index is 2760. The number of nitriles is 6. The highest BCUT2D eigenvalue weighted by atomic mass is 19.4. The molecule has 56 heavy (non-hydrogen) atoms. The Morgan fingerprint density at radius 1 is 0.482 bits per heavy atom. The van der Waals surface area contributed by atoms with Gasteiger partial charge in [0.25, 0.3) is 0 Å². The SMILES string of the molecule is N#Cc1nc2ccc(-c3cc4c(cc3OC(F)(F)F)C(C(C#N)C#N)c3cc(OC(F)(F)F)c(-c5ccc6nc(C#N)c(C#N)nc6c5)cc3-4)cc2nc1C#N. The van der Waals surface area contributed by atoms with Crippen LogP contribution in [0.3, 0.4) is 0 Å². The predicted octanol–water partition coefficient (Wildman–Crippen LogP) is 7.97. The molecule has 268 valence electrons. The zero-order chi connectivity index (χ0) is 40.1. The van der Waals surface area contributed by atoms with E-state index in [1.807, 2.05) is 0 Å². The molecule has 0 bridgehead atoms. The van der Waals surface area contributed by atoms with Crippen LogP contribution in [-0.2, 0) is 0 Å². The van der Waals surface area contributed by atoms with Crippen molar-refractivity contribution in [2.75, 3.05) is 0 Å². The Morgan fingerprint density at radius 2 is 0.839 bits per heavy atom. The van der Waals surface area contributed by atoms with Gasteiger partial charge in [-0.2, -0.15) is 31.6 Å². The summed E-state index contributed by atoms with van der Waals surface area (Å²) in [6.07, 6.45) is -10.5. The molecule has 0 spiro atoms. The topological polar surface area (TPSA) is 213 Å². The third kappa shape index (κ3) is 6.37. The molecular weight excluding hydrogens is 742 g/mol. The molecule has 1 aliphatic rings. The second-order valence-corrected chi connectivity index (χ2v) is 11.9. The molecule has 2 aromatic heterocycles. The third-order valence-electron chi connectivity index (χ3n) is 8.70. The summed E-state index contributed by atoms with van der Waals surface area (Å²) in [5.41, 5.74) is -1.08. The smallest absolute Gasteiger partial charge is 0.405 e. The fraction of sp³-hybridized carbons (Fsp3) is 0.105. The molecule has 0 amide bonds. The van der Waals surface area contributed by atoms with E-state index < -0.39 is 36.1 Å². The summed E-state index contributed by atoms with van der Waals surface area (Å²) in [7, 11) is 0. The Morgan fingerprint density at radius 3 is 1.16 bits per heavy atom. The van der Waals surface area contributed by atoms with Crippen molar-refractivity contribution in [1.29, 1.82) is 31.6 Å². The second-order valence-electron chi connectivity index (χ2n) is 11.9. The number of hydrogen-bond donors (Lipinski definition) is 0. The number of alkyl halides is 6. The van der Waals surface area contributed by atoms with E-state index in [1.54, 1.807) is 36.4 Å². The lowest BCUT2D eigenvalue weighted by Gasteiger charge is -2.19. The van der Waals surface area contributed by atoms with E-state index in [1.165, 1.54) is 48.5 Å². The molecule has 0 saturated heterocycles. The molecule has 0 N–H and O–H groups in total. The van der Waals surface area contributed by atoms with Crippen molar-refractivity contribution in [1.82, 2.24) is 19.9 Å². The van der Waals surface area contributed by atoms with Gasteiger partial charge in [-0.1, -0.05) is 12.1 Å². The molecule has 0 aliphatic heterocycles. The van der Waals surface area contributed by atoms with Gasteiger partial charge in [-0.3, -0.25) is 0 Å². The molecule has 1 aliphatic carbocycles. The van der Waals surface area contributed by atoms with Crippen molar-refractivity contribution in [2.24, 2.45) is 5.92 Å². The van der Waals surface area contributed by atoms with Gasteiger partial charge in [-0.15, -0.1) is 26.3 Å². The molecule has 0 radical (unpaired) electrons. The van der Waals surface area contributed by atoms with Crippen LogP contribution in [0, 0.1) is 73.9 Å². The Balaban J connectivity index is 1.52. The lowest BCUT2D eigenvalue weighted by atomic mass is 9.84. The van der Waals surface area contributed by atoms with Crippen LogP contribution in [-0.4, -0.2) is 32.7 Å². The van der Waals surface area contributed by atoms with Crippen molar-refractivity contribution in [3.8, 4) is 81.3 Å². The first kappa shape index (κ1) is 36.1. The maximum Gasteiger partial charge on any atom is 0.573 e. The molecule has 6 aromatic rings. The zero-order valence-electron chi connectivity index (χ0n) is 27.5. The maximum atomic E-state index is 13.9. The molecule has 4 aromatic carbocycles. The molecule has 0 unspecified atom stereocenters. The fourth-order valence-corrected chi connectivity index (χ4v) is 6.50. The summed E-state index contributed by atoms with van der Waals surface area (Å²) in [5.74, 6) is -4.60. The number of ether oxygens (including phenoxy) is 2.